The number of nitrogens with zero attached hydrogens (tertiary/aromatic N) is 5. The van der Waals surface area contributed by atoms with Crippen LogP contribution in [-0.2, 0) is 11.3 Å². The average Bonchev–Trinajstić information content (AvgIpc) is 2.95. The maximum atomic E-state index is 12.9. The van der Waals surface area contributed by atoms with Crippen LogP contribution in [0.15, 0.2) is 72.9 Å². The predicted molar refractivity (Wildman–Crippen MR) is 143 cm³/mol. The Hall–Kier alpha value is -3.89. The summed E-state index contributed by atoms with van der Waals surface area (Å²) in [6.45, 7) is 6.67. The summed E-state index contributed by atoms with van der Waals surface area (Å²) in [5.41, 5.74) is 3.98. The zero-order valence-corrected chi connectivity index (χ0v) is 20.5. The summed E-state index contributed by atoms with van der Waals surface area (Å²) in [6.07, 6.45) is 3.18. The van der Waals surface area contributed by atoms with Crippen LogP contribution in [0.4, 0.5) is 17.2 Å². The second-order valence-corrected chi connectivity index (χ2v) is 9.56. The Morgan fingerprint density at radius 1 is 0.889 bits per heavy atom. The molecule has 2 aromatic carbocycles. The molecule has 0 radical (unpaired) electrons. The molecule has 0 aliphatic carbocycles. The minimum Gasteiger partial charge on any atom is -0.369 e. The number of hydrogen-bond acceptors (Lipinski definition) is 6. The van der Waals surface area contributed by atoms with E-state index in [0.717, 1.165) is 70.2 Å². The van der Waals surface area contributed by atoms with Gasteiger partial charge in [0.25, 0.3) is 0 Å². The van der Waals surface area contributed by atoms with Crippen LogP contribution in [0.3, 0.4) is 0 Å². The van der Waals surface area contributed by atoms with Crippen molar-refractivity contribution in [3.05, 3.63) is 84.1 Å². The molecule has 0 spiro atoms. The van der Waals surface area contributed by atoms with Crippen LogP contribution in [0.2, 0.25) is 0 Å². The summed E-state index contributed by atoms with van der Waals surface area (Å²) < 4.78 is 0. The minimum absolute atomic E-state index is 0.00278. The Bertz CT molecular complexity index is 1170. The fourth-order valence-electron chi connectivity index (χ4n) is 5.02. The van der Waals surface area contributed by atoms with E-state index in [9.17, 15) is 4.79 Å². The molecule has 7 heteroatoms. The van der Waals surface area contributed by atoms with E-state index in [1.54, 1.807) is 12.3 Å². The Morgan fingerprint density at radius 3 is 2.25 bits per heavy atom. The van der Waals surface area contributed by atoms with Gasteiger partial charge in [0.2, 0.25) is 5.91 Å². The summed E-state index contributed by atoms with van der Waals surface area (Å²) in [4.78, 5) is 24.3. The Balaban J connectivity index is 1.07. The van der Waals surface area contributed by atoms with Crippen molar-refractivity contribution in [2.45, 2.75) is 19.4 Å². The Labute approximate surface area is 213 Å². The molecule has 3 heterocycles. The number of carbonyl (C=O) groups is 1. The maximum absolute atomic E-state index is 12.9. The summed E-state index contributed by atoms with van der Waals surface area (Å²) in [6, 6.07) is 24.7. The Kier molecular flexibility index (Phi) is 7.44. The predicted octanol–water partition coefficient (Wildman–Crippen LogP) is 4.13. The van der Waals surface area contributed by atoms with Crippen LogP contribution in [0, 0.1) is 17.2 Å². The van der Waals surface area contributed by atoms with Gasteiger partial charge in [0.05, 0.1) is 5.56 Å². The normalized spacial score (nSPS) is 17.0. The summed E-state index contributed by atoms with van der Waals surface area (Å²) in [7, 11) is 0. The number of anilines is 3. The van der Waals surface area contributed by atoms with E-state index in [-0.39, 0.29) is 11.8 Å². The van der Waals surface area contributed by atoms with E-state index in [4.69, 9.17) is 5.26 Å². The zero-order valence-electron chi connectivity index (χ0n) is 20.5. The summed E-state index contributed by atoms with van der Waals surface area (Å²) in [5.74, 6) is 0.950. The van der Waals surface area contributed by atoms with Crippen LogP contribution < -0.4 is 15.1 Å². The summed E-state index contributed by atoms with van der Waals surface area (Å²) >= 11 is 0. The lowest BCUT2D eigenvalue weighted by atomic mass is 9.95. The van der Waals surface area contributed by atoms with Gasteiger partial charge in [0, 0.05) is 69.3 Å². The number of nitrogens with one attached hydrogen (secondary N) is 1. The number of rotatable bonds is 6. The maximum Gasteiger partial charge on any atom is 0.227 e. The van der Waals surface area contributed by atoms with Gasteiger partial charge >= 0.3 is 0 Å². The number of carbonyl (C=O) groups excluding carboxylic acids is 1. The van der Waals surface area contributed by atoms with Crippen LogP contribution in [0.25, 0.3) is 0 Å². The highest BCUT2D eigenvalue weighted by atomic mass is 16.1. The van der Waals surface area contributed by atoms with E-state index >= 15 is 0 Å². The zero-order chi connectivity index (χ0) is 24.7. The van der Waals surface area contributed by atoms with E-state index < -0.39 is 0 Å². The van der Waals surface area contributed by atoms with Crippen molar-refractivity contribution < 1.29 is 4.79 Å². The van der Waals surface area contributed by atoms with E-state index in [1.807, 2.05) is 18.2 Å². The molecule has 1 N–H and O–H groups in total. The highest BCUT2D eigenvalue weighted by Crippen LogP contribution is 2.25. The lowest BCUT2D eigenvalue weighted by Crippen LogP contribution is -2.45. The molecule has 5 rings (SSSR count). The second kappa shape index (κ2) is 11.2. The number of pyridine rings is 1. The number of nitriles is 1. The number of amides is 1. The molecule has 3 aromatic rings. The van der Waals surface area contributed by atoms with Gasteiger partial charge in [0.15, 0.2) is 0 Å². The summed E-state index contributed by atoms with van der Waals surface area (Å²) in [5, 5.41) is 12.1. The standard InChI is InChI=1S/C29H32N6O/c30-20-24-6-11-28(31-21-24)35-14-12-25(13-15-35)29(36)32-26-7-9-27(10-8-26)34-18-16-33(17-19-34)22-23-4-2-1-3-5-23/h1-11,21,25H,12-19,22H2,(H,32,36). The van der Waals surface area contributed by atoms with Gasteiger partial charge in [0.1, 0.15) is 11.9 Å². The monoisotopic (exact) mass is 480 g/mol. The lowest BCUT2D eigenvalue weighted by Gasteiger charge is -2.36. The first-order valence-corrected chi connectivity index (χ1v) is 12.7. The third kappa shape index (κ3) is 5.84. The highest BCUT2D eigenvalue weighted by molar-refractivity contribution is 5.92. The van der Waals surface area contributed by atoms with E-state index in [2.05, 4.69) is 73.5 Å². The smallest absolute Gasteiger partial charge is 0.227 e. The second-order valence-electron chi connectivity index (χ2n) is 9.56. The molecule has 1 aromatic heterocycles. The van der Waals surface area contributed by atoms with Gasteiger partial charge < -0.3 is 15.1 Å². The number of piperidine rings is 1. The number of benzene rings is 2. The van der Waals surface area contributed by atoms with Crippen LogP contribution >= 0.6 is 0 Å². The average molecular weight is 481 g/mol. The van der Waals surface area contributed by atoms with Gasteiger partial charge in [-0.25, -0.2) is 4.98 Å². The third-order valence-corrected chi connectivity index (χ3v) is 7.19. The fraction of sp³-hybridized carbons (Fsp3) is 0.345. The van der Waals surface area contributed by atoms with Crippen molar-refractivity contribution in [3.63, 3.8) is 0 Å². The fourth-order valence-corrected chi connectivity index (χ4v) is 5.02. The van der Waals surface area contributed by atoms with Crippen molar-refractivity contribution >= 4 is 23.1 Å². The molecule has 2 aliphatic rings. The van der Waals surface area contributed by atoms with Gasteiger partial charge in [-0.2, -0.15) is 5.26 Å². The molecule has 0 atom stereocenters. The van der Waals surface area contributed by atoms with Gasteiger partial charge in [-0.15, -0.1) is 0 Å². The molecule has 7 nitrogen and oxygen atoms in total. The van der Waals surface area contributed by atoms with E-state index in [1.165, 1.54) is 11.3 Å². The molecule has 0 bridgehead atoms. The van der Waals surface area contributed by atoms with Crippen molar-refractivity contribution in [2.75, 3.05) is 54.4 Å². The Morgan fingerprint density at radius 2 is 1.61 bits per heavy atom. The molecule has 2 saturated heterocycles. The van der Waals surface area contributed by atoms with E-state index in [0.29, 0.717) is 5.56 Å². The molecular weight excluding hydrogens is 448 g/mol. The molecule has 36 heavy (non-hydrogen) atoms. The van der Waals surface area contributed by atoms with Gasteiger partial charge in [-0.05, 0) is 54.8 Å². The lowest BCUT2D eigenvalue weighted by molar-refractivity contribution is -0.120. The van der Waals surface area contributed by atoms with Gasteiger partial charge in [-0.1, -0.05) is 30.3 Å². The SMILES string of the molecule is N#Cc1ccc(N2CCC(C(=O)Nc3ccc(N4CCN(Cc5ccccc5)CC4)cc3)CC2)nc1. The molecule has 2 aliphatic heterocycles. The van der Waals surface area contributed by atoms with Crippen molar-refractivity contribution in [3.8, 4) is 6.07 Å². The number of hydrogen-bond donors (Lipinski definition) is 1. The molecule has 1 amide bonds. The third-order valence-electron chi connectivity index (χ3n) is 7.19. The van der Waals surface area contributed by atoms with Gasteiger partial charge in [-0.3, -0.25) is 9.69 Å². The first kappa shape index (κ1) is 23.8. The highest BCUT2D eigenvalue weighted by Gasteiger charge is 2.26. The molecular formula is C29H32N6O. The van der Waals surface area contributed by atoms with Crippen LogP contribution in [0.1, 0.15) is 24.0 Å². The molecule has 2 fully saturated rings. The number of piperazine rings is 1. The molecule has 0 unspecified atom stereocenters. The molecule has 0 saturated carbocycles. The van der Waals surface area contributed by atoms with Crippen LogP contribution in [-0.4, -0.2) is 55.1 Å². The molecule has 184 valence electrons. The van der Waals surface area contributed by atoms with Crippen molar-refractivity contribution in [1.29, 1.82) is 5.26 Å². The first-order chi connectivity index (χ1) is 17.7. The topological polar surface area (TPSA) is 75.5 Å². The van der Waals surface area contributed by atoms with Crippen molar-refractivity contribution in [2.24, 2.45) is 5.92 Å². The minimum atomic E-state index is -0.00278. The van der Waals surface area contributed by atoms with Crippen LogP contribution in [0.5, 0.6) is 0 Å². The van der Waals surface area contributed by atoms with Crippen molar-refractivity contribution in [1.82, 2.24) is 9.88 Å². The first-order valence-electron chi connectivity index (χ1n) is 12.7. The quantitative estimate of drug-likeness (QED) is 0.572. The number of aromatic nitrogens is 1. The largest absolute Gasteiger partial charge is 0.369 e.